The maximum Gasteiger partial charge on any atom is 0.338 e. The summed E-state index contributed by atoms with van der Waals surface area (Å²) in [5.74, 6) is -0.452. The number of carbonyl (C=O) groups excluding carboxylic acids is 2. The normalized spacial score (nSPS) is 21.4. The van der Waals surface area contributed by atoms with E-state index in [1.165, 1.54) is 4.31 Å². The molecule has 1 fully saturated rings. The predicted octanol–water partition coefficient (Wildman–Crippen LogP) is -0.906. The minimum Gasteiger partial charge on any atom is -0.463 e. The van der Waals surface area contributed by atoms with Crippen LogP contribution in [0.2, 0.25) is 0 Å². The Morgan fingerprint density at radius 3 is 2.52 bits per heavy atom. The summed E-state index contributed by atoms with van der Waals surface area (Å²) in [5, 5.41) is 5.40. The van der Waals surface area contributed by atoms with Crippen LogP contribution in [0.15, 0.2) is 46.5 Å². The fraction of sp³-hybridized carbons (Fsp3) is 0.474. The number of piperazine rings is 1. The van der Waals surface area contributed by atoms with Crippen LogP contribution in [0.3, 0.4) is 0 Å². The predicted molar refractivity (Wildman–Crippen MR) is 106 cm³/mol. The topological polar surface area (TPSA) is 109 Å². The van der Waals surface area contributed by atoms with E-state index in [0.29, 0.717) is 44.0 Å². The molecule has 2 heterocycles. The van der Waals surface area contributed by atoms with Crippen molar-refractivity contribution in [3.8, 4) is 0 Å². The van der Waals surface area contributed by atoms with Gasteiger partial charge in [-0.2, -0.15) is 4.31 Å². The summed E-state index contributed by atoms with van der Waals surface area (Å²) in [6.45, 7) is 6.03. The third kappa shape index (κ3) is 4.77. The summed E-state index contributed by atoms with van der Waals surface area (Å²) in [6, 6.07) is 7.58. The van der Waals surface area contributed by atoms with Crippen molar-refractivity contribution >= 4 is 22.0 Å². The third-order valence-electron chi connectivity index (χ3n) is 5.10. The molecule has 29 heavy (non-hydrogen) atoms. The Kier molecular flexibility index (Phi) is 6.56. The molecule has 158 valence electrons. The van der Waals surface area contributed by atoms with Crippen LogP contribution < -0.4 is 15.5 Å². The monoisotopic (exact) mass is 423 g/mol. The molecule has 0 aromatic heterocycles. The van der Waals surface area contributed by atoms with E-state index in [4.69, 9.17) is 4.74 Å². The third-order valence-corrected chi connectivity index (χ3v) is 7.02. The molecule has 1 saturated heterocycles. The molecule has 0 saturated carbocycles. The SMILES string of the molecule is CCOC(=O)C1=C(C[NH+]2CCN(S(=O)(=O)c3ccccc3)CC2)NC(=O)N[C@@H]1C. The molecular formula is C19H27N4O5S+. The molecule has 1 aromatic rings. The van der Waals surface area contributed by atoms with Gasteiger partial charge in [-0.15, -0.1) is 0 Å². The smallest absolute Gasteiger partial charge is 0.338 e. The highest BCUT2D eigenvalue weighted by Crippen LogP contribution is 2.16. The number of sulfonamides is 1. The second-order valence-electron chi connectivity index (χ2n) is 7.08. The number of hydrogen-bond donors (Lipinski definition) is 3. The van der Waals surface area contributed by atoms with Gasteiger partial charge >= 0.3 is 12.0 Å². The first-order valence-electron chi connectivity index (χ1n) is 9.69. The zero-order valence-electron chi connectivity index (χ0n) is 16.6. The zero-order valence-corrected chi connectivity index (χ0v) is 17.4. The standard InChI is InChI=1S/C19H26N4O5S/c1-3-28-18(24)17-14(2)20-19(25)21-16(17)13-22-9-11-23(12-10-22)29(26,27)15-7-5-4-6-8-15/h4-8,14H,3,9-13H2,1-2H3,(H2,20,21,25)/p+1/t14-/m1/s1. The Labute approximate surface area is 170 Å². The first-order chi connectivity index (χ1) is 13.8. The summed E-state index contributed by atoms with van der Waals surface area (Å²) < 4.78 is 32.1. The lowest BCUT2D eigenvalue weighted by Crippen LogP contribution is -3.15. The van der Waals surface area contributed by atoms with E-state index in [0.717, 1.165) is 4.90 Å². The number of nitrogens with one attached hydrogen (secondary N) is 3. The van der Waals surface area contributed by atoms with Crippen molar-refractivity contribution in [3.63, 3.8) is 0 Å². The van der Waals surface area contributed by atoms with Crippen LogP contribution in [-0.2, 0) is 19.6 Å². The van der Waals surface area contributed by atoms with Crippen LogP contribution in [0.1, 0.15) is 13.8 Å². The minimum atomic E-state index is -3.51. The van der Waals surface area contributed by atoms with Crippen molar-refractivity contribution < 1.29 is 27.6 Å². The van der Waals surface area contributed by atoms with Crippen LogP contribution in [0, 0.1) is 0 Å². The Hall–Kier alpha value is -2.43. The van der Waals surface area contributed by atoms with E-state index in [2.05, 4.69) is 10.6 Å². The molecule has 0 unspecified atom stereocenters. The van der Waals surface area contributed by atoms with Gasteiger partial charge in [0.2, 0.25) is 10.0 Å². The summed E-state index contributed by atoms with van der Waals surface area (Å²) >= 11 is 0. The molecule has 3 N–H and O–H groups in total. The lowest BCUT2D eigenvalue weighted by Gasteiger charge is -2.33. The Bertz CT molecular complexity index is 892. The number of benzene rings is 1. The molecule has 2 aliphatic heterocycles. The minimum absolute atomic E-state index is 0.249. The van der Waals surface area contributed by atoms with Crippen LogP contribution in [0.4, 0.5) is 4.79 Å². The maximum atomic E-state index is 12.8. The van der Waals surface area contributed by atoms with Crippen LogP contribution in [0.5, 0.6) is 0 Å². The van der Waals surface area contributed by atoms with Gasteiger partial charge in [0.15, 0.2) is 0 Å². The number of hydrogen-bond acceptors (Lipinski definition) is 5. The van der Waals surface area contributed by atoms with Gasteiger partial charge in [-0.3, -0.25) is 0 Å². The van der Waals surface area contributed by atoms with Crippen LogP contribution in [-0.4, -0.2) is 70.1 Å². The second-order valence-corrected chi connectivity index (χ2v) is 9.01. The van der Waals surface area contributed by atoms with Crippen molar-refractivity contribution in [2.45, 2.75) is 24.8 Å². The quantitative estimate of drug-likeness (QED) is 0.514. The molecule has 0 radical (unpaired) electrons. The summed E-state index contributed by atoms with van der Waals surface area (Å²) in [6.07, 6.45) is 0. The first kappa shape index (κ1) is 21.3. The molecule has 0 aliphatic carbocycles. The van der Waals surface area contributed by atoms with Gasteiger partial charge in [-0.05, 0) is 26.0 Å². The maximum absolute atomic E-state index is 12.8. The van der Waals surface area contributed by atoms with E-state index >= 15 is 0 Å². The van der Waals surface area contributed by atoms with Gasteiger partial charge in [-0.25, -0.2) is 18.0 Å². The van der Waals surface area contributed by atoms with Gasteiger partial charge in [-0.1, -0.05) is 18.2 Å². The highest BCUT2D eigenvalue weighted by atomic mass is 32.2. The molecule has 2 aliphatic rings. The summed E-state index contributed by atoms with van der Waals surface area (Å²) in [7, 11) is -3.51. The highest BCUT2D eigenvalue weighted by Gasteiger charge is 2.34. The second kappa shape index (κ2) is 8.93. The lowest BCUT2D eigenvalue weighted by atomic mass is 10.0. The number of rotatable bonds is 6. The number of amides is 2. The average molecular weight is 424 g/mol. The van der Waals surface area contributed by atoms with Gasteiger partial charge < -0.3 is 20.3 Å². The number of nitrogens with zero attached hydrogens (tertiary/aromatic N) is 1. The van der Waals surface area contributed by atoms with Crippen molar-refractivity contribution in [1.82, 2.24) is 14.9 Å². The van der Waals surface area contributed by atoms with E-state index in [1.807, 2.05) is 0 Å². The van der Waals surface area contributed by atoms with Gasteiger partial charge in [0, 0.05) is 0 Å². The number of urea groups is 1. The van der Waals surface area contributed by atoms with E-state index in [-0.39, 0.29) is 17.5 Å². The fourth-order valence-electron chi connectivity index (χ4n) is 3.63. The van der Waals surface area contributed by atoms with Gasteiger partial charge in [0.05, 0.1) is 55.0 Å². The largest absolute Gasteiger partial charge is 0.463 e. The number of esters is 1. The van der Waals surface area contributed by atoms with Crippen molar-refractivity contribution in [1.29, 1.82) is 0 Å². The van der Waals surface area contributed by atoms with Gasteiger partial charge in [0.25, 0.3) is 0 Å². The van der Waals surface area contributed by atoms with Crippen molar-refractivity contribution in [3.05, 3.63) is 41.6 Å². The molecule has 0 spiro atoms. The number of carbonyl (C=O) groups is 2. The molecular weight excluding hydrogens is 396 g/mol. The number of quaternary nitrogens is 1. The molecule has 1 atom stereocenters. The molecule has 3 rings (SSSR count). The Morgan fingerprint density at radius 2 is 1.90 bits per heavy atom. The first-order valence-corrected chi connectivity index (χ1v) is 11.1. The average Bonchev–Trinajstić information content (AvgIpc) is 2.69. The lowest BCUT2D eigenvalue weighted by molar-refractivity contribution is -0.899. The van der Waals surface area contributed by atoms with Gasteiger partial charge in [0.1, 0.15) is 6.54 Å². The molecule has 2 amide bonds. The summed E-state index contributed by atoms with van der Waals surface area (Å²) in [5.41, 5.74) is 0.951. The number of ether oxygens (including phenoxy) is 1. The van der Waals surface area contributed by atoms with Crippen molar-refractivity contribution in [2.75, 3.05) is 39.3 Å². The molecule has 9 nitrogen and oxygen atoms in total. The van der Waals surface area contributed by atoms with Crippen LogP contribution in [0.25, 0.3) is 0 Å². The van der Waals surface area contributed by atoms with E-state index in [1.54, 1.807) is 44.2 Å². The van der Waals surface area contributed by atoms with E-state index < -0.39 is 22.0 Å². The molecule has 10 heteroatoms. The Balaban J connectivity index is 1.69. The highest BCUT2D eigenvalue weighted by molar-refractivity contribution is 7.89. The fourth-order valence-corrected chi connectivity index (χ4v) is 5.09. The Morgan fingerprint density at radius 1 is 1.24 bits per heavy atom. The van der Waals surface area contributed by atoms with Crippen molar-refractivity contribution in [2.24, 2.45) is 0 Å². The van der Waals surface area contributed by atoms with E-state index in [9.17, 15) is 18.0 Å². The molecule has 0 bridgehead atoms. The van der Waals surface area contributed by atoms with Crippen LogP contribution >= 0.6 is 0 Å². The zero-order chi connectivity index (χ0) is 21.0. The molecule has 1 aromatic carbocycles. The summed E-state index contributed by atoms with van der Waals surface area (Å²) in [4.78, 5) is 25.6.